The lowest BCUT2D eigenvalue weighted by molar-refractivity contribution is 0.108. The molecule has 1 aliphatic heterocycles. The smallest absolute Gasteiger partial charge is 0.0476 e. The van der Waals surface area contributed by atoms with Crippen LogP contribution in [0.4, 0.5) is 0 Å². The fourth-order valence-electron chi connectivity index (χ4n) is 2.90. The Hall–Kier alpha value is -0.860. The molecular formula is C16H26N2. The first-order chi connectivity index (χ1) is 8.83. The lowest BCUT2D eigenvalue weighted by Crippen LogP contribution is -2.49. The number of benzene rings is 1. The van der Waals surface area contributed by atoms with Gasteiger partial charge in [0.15, 0.2) is 0 Å². The summed E-state index contributed by atoms with van der Waals surface area (Å²) in [5.74, 6) is 0. The molecule has 2 heteroatoms. The second-order valence-electron chi connectivity index (χ2n) is 5.36. The van der Waals surface area contributed by atoms with Crippen LogP contribution in [0.3, 0.4) is 0 Å². The van der Waals surface area contributed by atoms with E-state index in [9.17, 15) is 0 Å². The van der Waals surface area contributed by atoms with E-state index >= 15 is 0 Å². The molecule has 1 saturated heterocycles. The van der Waals surface area contributed by atoms with Gasteiger partial charge in [0.05, 0.1) is 0 Å². The van der Waals surface area contributed by atoms with E-state index in [1.54, 1.807) is 0 Å². The third-order valence-electron chi connectivity index (χ3n) is 4.01. The van der Waals surface area contributed by atoms with Crippen molar-refractivity contribution in [3.05, 3.63) is 35.9 Å². The van der Waals surface area contributed by atoms with Crippen LogP contribution >= 0.6 is 0 Å². The van der Waals surface area contributed by atoms with Crippen LogP contribution in [0.1, 0.15) is 44.7 Å². The third kappa shape index (κ3) is 3.33. The summed E-state index contributed by atoms with van der Waals surface area (Å²) in [6.07, 6.45) is 3.96. The Balaban J connectivity index is 2.06. The Bertz CT molecular complexity index is 336. The second kappa shape index (κ2) is 6.91. The molecule has 0 aromatic heterocycles. The molecular weight excluding hydrogens is 220 g/mol. The molecule has 0 bridgehead atoms. The Kier molecular flexibility index (Phi) is 5.21. The summed E-state index contributed by atoms with van der Waals surface area (Å²) in [6.45, 7) is 8.04. The van der Waals surface area contributed by atoms with Crippen molar-refractivity contribution in [2.45, 2.75) is 45.2 Å². The average Bonchev–Trinajstić information content (AvgIpc) is 2.45. The van der Waals surface area contributed by atoms with Gasteiger partial charge in [-0.3, -0.25) is 4.90 Å². The van der Waals surface area contributed by atoms with E-state index in [0.29, 0.717) is 12.1 Å². The zero-order chi connectivity index (χ0) is 12.8. The van der Waals surface area contributed by atoms with Crippen LogP contribution in [0.25, 0.3) is 0 Å². The van der Waals surface area contributed by atoms with E-state index < -0.39 is 0 Å². The number of piperazine rings is 1. The van der Waals surface area contributed by atoms with Gasteiger partial charge >= 0.3 is 0 Å². The maximum Gasteiger partial charge on any atom is 0.0476 e. The first-order valence-corrected chi connectivity index (χ1v) is 7.34. The molecule has 0 radical (unpaired) electrons. The highest BCUT2D eigenvalue weighted by atomic mass is 15.2. The Morgan fingerprint density at radius 2 is 2.11 bits per heavy atom. The number of hydrogen-bond acceptors (Lipinski definition) is 2. The third-order valence-corrected chi connectivity index (χ3v) is 4.01. The molecule has 0 spiro atoms. The molecule has 1 heterocycles. The normalized spacial score (nSPS) is 22.9. The van der Waals surface area contributed by atoms with Crippen LogP contribution in [-0.4, -0.2) is 30.6 Å². The molecule has 0 amide bonds. The number of unbranched alkanes of at least 4 members (excludes halogenated alkanes) is 1. The minimum absolute atomic E-state index is 0.548. The molecule has 2 unspecified atom stereocenters. The zero-order valence-electron chi connectivity index (χ0n) is 11.7. The Morgan fingerprint density at radius 3 is 2.83 bits per heavy atom. The summed E-state index contributed by atoms with van der Waals surface area (Å²) >= 11 is 0. The predicted molar refractivity (Wildman–Crippen MR) is 77.7 cm³/mol. The van der Waals surface area contributed by atoms with Crippen molar-refractivity contribution >= 4 is 0 Å². The Morgan fingerprint density at radius 1 is 1.33 bits per heavy atom. The van der Waals surface area contributed by atoms with Crippen molar-refractivity contribution in [1.82, 2.24) is 10.2 Å². The summed E-state index contributed by atoms with van der Waals surface area (Å²) in [7, 11) is 0. The van der Waals surface area contributed by atoms with Gasteiger partial charge in [-0.2, -0.15) is 0 Å². The van der Waals surface area contributed by atoms with Gasteiger partial charge < -0.3 is 5.32 Å². The van der Waals surface area contributed by atoms with E-state index in [4.69, 9.17) is 0 Å². The number of hydrogen-bond donors (Lipinski definition) is 1. The van der Waals surface area contributed by atoms with Crippen LogP contribution in [0.15, 0.2) is 30.3 Å². The summed E-state index contributed by atoms with van der Waals surface area (Å²) in [5, 5.41) is 3.53. The van der Waals surface area contributed by atoms with Gasteiger partial charge in [0, 0.05) is 31.7 Å². The van der Waals surface area contributed by atoms with Gasteiger partial charge in [-0.15, -0.1) is 0 Å². The first-order valence-electron chi connectivity index (χ1n) is 7.34. The highest BCUT2D eigenvalue weighted by molar-refractivity contribution is 5.20. The average molecular weight is 246 g/mol. The second-order valence-corrected chi connectivity index (χ2v) is 5.36. The largest absolute Gasteiger partial charge is 0.314 e. The van der Waals surface area contributed by atoms with Crippen LogP contribution in [0.2, 0.25) is 0 Å². The van der Waals surface area contributed by atoms with Crippen LogP contribution in [0.5, 0.6) is 0 Å². The summed E-state index contributed by atoms with van der Waals surface area (Å²) in [5.41, 5.74) is 1.45. The number of rotatable bonds is 5. The predicted octanol–water partition coefficient (Wildman–Crippen LogP) is 3.21. The lowest BCUT2D eigenvalue weighted by atomic mass is 9.99. The topological polar surface area (TPSA) is 15.3 Å². The molecule has 1 N–H and O–H groups in total. The van der Waals surface area contributed by atoms with Gasteiger partial charge in [-0.25, -0.2) is 0 Å². The fraction of sp³-hybridized carbons (Fsp3) is 0.625. The molecule has 1 aromatic carbocycles. The Labute approximate surface area is 111 Å². The highest BCUT2D eigenvalue weighted by Crippen LogP contribution is 2.25. The summed E-state index contributed by atoms with van der Waals surface area (Å²) in [4.78, 5) is 2.68. The van der Waals surface area contributed by atoms with Gasteiger partial charge in [-0.05, 0) is 18.9 Å². The van der Waals surface area contributed by atoms with Crippen molar-refractivity contribution in [1.29, 1.82) is 0 Å². The summed E-state index contributed by atoms with van der Waals surface area (Å²) in [6, 6.07) is 12.2. The molecule has 1 aromatic rings. The molecule has 100 valence electrons. The molecule has 0 saturated carbocycles. The minimum atomic E-state index is 0.548. The molecule has 0 aliphatic carbocycles. The van der Waals surface area contributed by atoms with E-state index in [2.05, 4.69) is 54.4 Å². The van der Waals surface area contributed by atoms with E-state index in [1.807, 2.05) is 0 Å². The molecule has 18 heavy (non-hydrogen) atoms. The van der Waals surface area contributed by atoms with E-state index in [-0.39, 0.29) is 0 Å². The zero-order valence-corrected chi connectivity index (χ0v) is 11.7. The van der Waals surface area contributed by atoms with Crippen molar-refractivity contribution in [2.75, 3.05) is 19.6 Å². The first kappa shape index (κ1) is 13.6. The minimum Gasteiger partial charge on any atom is -0.314 e. The number of nitrogens with zero attached hydrogens (tertiary/aromatic N) is 1. The standard InChI is InChI=1S/C16H26N2/c1-3-4-8-14(2)18-12-11-17-13-16(18)15-9-6-5-7-10-15/h5-7,9-10,14,16-17H,3-4,8,11-13H2,1-2H3. The molecule has 2 nitrogen and oxygen atoms in total. The maximum absolute atomic E-state index is 3.53. The van der Waals surface area contributed by atoms with Crippen molar-refractivity contribution in [3.8, 4) is 0 Å². The van der Waals surface area contributed by atoms with Crippen molar-refractivity contribution in [3.63, 3.8) is 0 Å². The fourth-order valence-corrected chi connectivity index (χ4v) is 2.90. The monoisotopic (exact) mass is 246 g/mol. The molecule has 1 aliphatic rings. The van der Waals surface area contributed by atoms with E-state index in [0.717, 1.165) is 13.1 Å². The highest BCUT2D eigenvalue weighted by Gasteiger charge is 2.26. The molecule has 2 atom stereocenters. The van der Waals surface area contributed by atoms with Crippen molar-refractivity contribution < 1.29 is 0 Å². The van der Waals surface area contributed by atoms with Gasteiger partial charge in [0.25, 0.3) is 0 Å². The van der Waals surface area contributed by atoms with Crippen LogP contribution in [-0.2, 0) is 0 Å². The van der Waals surface area contributed by atoms with Crippen LogP contribution in [0, 0.1) is 0 Å². The lowest BCUT2D eigenvalue weighted by Gasteiger charge is -2.40. The van der Waals surface area contributed by atoms with Crippen LogP contribution < -0.4 is 5.32 Å². The van der Waals surface area contributed by atoms with E-state index in [1.165, 1.54) is 31.4 Å². The van der Waals surface area contributed by atoms with Gasteiger partial charge in [0.2, 0.25) is 0 Å². The molecule has 1 fully saturated rings. The maximum atomic E-state index is 3.53. The SMILES string of the molecule is CCCCC(C)N1CCNCC1c1ccccc1. The quantitative estimate of drug-likeness (QED) is 0.858. The van der Waals surface area contributed by atoms with Gasteiger partial charge in [0.1, 0.15) is 0 Å². The van der Waals surface area contributed by atoms with Gasteiger partial charge in [-0.1, -0.05) is 50.1 Å². The number of nitrogens with one attached hydrogen (secondary N) is 1. The van der Waals surface area contributed by atoms with Crippen molar-refractivity contribution in [2.24, 2.45) is 0 Å². The molecule has 2 rings (SSSR count). The summed E-state index contributed by atoms with van der Waals surface area (Å²) < 4.78 is 0.